The molecule has 136 valence electrons. The highest BCUT2D eigenvalue weighted by Gasteiger charge is 2.21. The number of hydrogen-bond donors (Lipinski definition) is 3. The molecule has 0 saturated heterocycles. The Balaban J connectivity index is 1.92. The minimum absolute atomic E-state index is 0.0626. The van der Waals surface area contributed by atoms with Gasteiger partial charge in [0.25, 0.3) is 0 Å². The van der Waals surface area contributed by atoms with Gasteiger partial charge < -0.3 is 15.7 Å². The maximum Gasteiger partial charge on any atom is 0.337 e. The largest absolute Gasteiger partial charge is 0.478 e. The fourth-order valence-corrected chi connectivity index (χ4v) is 4.29. The van der Waals surface area contributed by atoms with E-state index in [1.165, 1.54) is 19.1 Å². The number of amides is 1. The first-order chi connectivity index (χ1) is 12.3. The number of benzene rings is 2. The number of carbonyl (C=O) groups excluding carboxylic acids is 1. The number of carboxylic acids is 1. The third-order valence-corrected chi connectivity index (χ3v) is 5.84. The van der Waals surface area contributed by atoms with Crippen LogP contribution >= 0.6 is 0 Å². The molecule has 1 aliphatic heterocycles. The van der Waals surface area contributed by atoms with Crippen LogP contribution in [-0.2, 0) is 33.5 Å². The minimum atomic E-state index is -3.73. The van der Waals surface area contributed by atoms with Crippen molar-refractivity contribution in [3.8, 4) is 0 Å². The van der Waals surface area contributed by atoms with E-state index >= 15 is 0 Å². The van der Waals surface area contributed by atoms with E-state index in [4.69, 9.17) is 0 Å². The van der Waals surface area contributed by atoms with Crippen molar-refractivity contribution in [3.63, 3.8) is 0 Å². The Morgan fingerprint density at radius 1 is 1.12 bits per heavy atom. The number of rotatable bonds is 5. The van der Waals surface area contributed by atoms with Crippen molar-refractivity contribution < 1.29 is 23.1 Å². The van der Waals surface area contributed by atoms with Gasteiger partial charge in [0.2, 0.25) is 5.91 Å². The highest BCUT2D eigenvalue weighted by molar-refractivity contribution is 7.90. The van der Waals surface area contributed by atoms with Gasteiger partial charge in [-0.15, -0.1) is 0 Å². The smallest absolute Gasteiger partial charge is 0.337 e. The predicted octanol–water partition coefficient (Wildman–Crippen LogP) is 1.92. The average molecular weight is 374 g/mol. The molecule has 0 aliphatic carbocycles. The zero-order valence-electron chi connectivity index (χ0n) is 14.1. The fraction of sp³-hybridized carbons (Fsp3) is 0.222. The molecule has 1 heterocycles. The number of aromatic carboxylic acids is 1. The Labute approximate surface area is 151 Å². The lowest BCUT2D eigenvalue weighted by molar-refractivity contribution is -0.114. The molecule has 0 spiro atoms. The van der Waals surface area contributed by atoms with Gasteiger partial charge in [0.05, 0.1) is 21.9 Å². The maximum atomic E-state index is 12.7. The van der Waals surface area contributed by atoms with Crippen molar-refractivity contribution >= 4 is 27.4 Å². The van der Waals surface area contributed by atoms with Crippen LogP contribution in [0.1, 0.15) is 34.0 Å². The maximum absolute atomic E-state index is 12.7. The van der Waals surface area contributed by atoms with Gasteiger partial charge in [0, 0.05) is 20.0 Å². The molecule has 0 unspecified atom stereocenters. The molecule has 2 aromatic carbocycles. The molecule has 0 atom stereocenters. The van der Waals surface area contributed by atoms with Crippen molar-refractivity contribution in [2.45, 2.75) is 30.7 Å². The van der Waals surface area contributed by atoms with Crippen molar-refractivity contribution in [2.75, 3.05) is 5.32 Å². The van der Waals surface area contributed by atoms with Gasteiger partial charge in [-0.3, -0.25) is 4.79 Å². The number of anilines is 1. The van der Waals surface area contributed by atoms with Gasteiger partial charge in [-0.25, -0.2) is 13.2 Å². The zero-order valence-corrected chi connectivity index (χ0v) is 14.9. The van der Waals surface area contributed by atoms with E-state index in [1.54, 1.807) is 6.07 Å². The van der Waals surface area contributed by atoms with Crippen molar-refractivity contribution in [1.29, 1.82) is 0 Å². The van der Waals surface area contributed by atoms with Crippen LogP contribution in [0.25, 0.3) is 0 Å². The topological polar surface area (TPSA) is 113 Å². The third-order valence-electron chi connectivity index (χ3n) is 4.15. The molecule has 26 heavy (non-hydrogen) atoms. The monoisotopic (exact) mass is 374 g/mol. The number of carbonyl (C=O) groups is 2. The Kier molecular flexibility index (Phi) is 4.80. The van der Waals surface area contributed by atoms with Crippen LogP contribution in [0.2, 0.25) is 0 Å². The normalized spacial score (nSPS) is 13.3. The van der Waals surface area contributed by atoms with E-state index in [0.717, 1.165) is 23.7 Å². The number of sulfone groups is 1. The van der Waals surface area contributed by atoms with E-state index in [1.807, 2.05) is 12.1 Å². The summed E-state index contributed by atoms with van der Waals surface area (Å²) in [5.41, 5.74) is 2.67. The SMILES string of the molecule is CC(=O)Nc1ccc(S(=O)(=O)Cc2ccc3c(c2)CNC3)cc1C(=O)O. The van der Waals surface area contributed by atoms with Crippen LogP contribution < -0.4 is 10.6 Å². The summed E-state index contributed by atoms with van der Waals surface area (Å²) in [6.07, 6.45) is 0. The molecule has 7 nitrogen and oxygen atoms in total. The van der Waals surface area contributed by atoms with Gasteiger partial charge >= 0.3 is 5.97 Å². The predicted molar refractivity (Wildman–Crippen MR) is 95.6 cm³/mol. The van der Waals surface area contributed by atoms with Crippen molar-refractivity contribution in [2.24, 2.45) is 0 Å². The van der Waals surface area contributed by atoms with E-state index in [2.05, 4.69) is 10.6 Å². The first kappa shape index (κ1) is 18.1. The summed E-state index contributed by atoms with van der Waals surface area (Å²) in [7, 11) is -3.73. The van der Waals surface area contributed by atoms with E-state index in [0.29, 0.717) is 12.1 Å². The van der Waals surface area contributed by atoms with Crippen LogP contribution in [0, 0.1) is 0 Å². The Morgan fingerprint density at radius 3 is 2.54 bits per heavy atom. The summed E-state index contributed by atoms with van der Waals surface area (Å²) in [5, 5.41) is 14.9. The molecule has 8 heteroatoms. The van der Waals surface area contributed by atoms with E-state index < -0.39 is 21.7 Å². The molecule has 0 saturated carbocycles. The number of fused-ring (bicyclic) bond motifs is 1. The number of carboxylic acid groups (broad SMARTS) is 1. The molecule has 0 fully saturated rings. The number of hydrogen-bond acceptors (Lipinski definition) is 5. The van der Waals surface area contributed by atoms with Gasteiger partial charge in [0.15, 0.2) is 9.84 Å². The minimum Gasteiger partial charge on any atom is -0.478 e. The molecule has 3 N–H and O–H groups in total. The lowest BCUT2D eigenvalue weighted by atomic mass is 10.1. The van der Waals surface area contributed by atoms with Crippen LogP contribution in [0.4, 0.5) is 5.69 Å². The van der Waals surface area contributed by atoms with E-state index in [9.17, 15) is 23.1 Å². The van der Waals surface area contributed by atoms with Crippen LogP contribution in [0.15, 0.2) is 41.3 Å². The molecule has 2 aromatic rings. The molecular weight excluding hydrogens is 356 g/mol. The second-order valence-electron chi connectivity index (χ2n) is 6.16. The summed E-state index contributed by atoms with van der Waals surface area (Å²) in [5.74, 6) is -1.97. The highest BCUT2D eigenvalue weighted by atomic mass is 32.2. The zero-order chi connectivity index (χ0) is 18.9. The van der Waals surface area contributed by atoms with Crippen LogP contribution in [-0.4, -0.2) is 25.4 Å². The third kappa shape index (κ3) is 3.76. The molecule has 1 aliphatic rings. The van der Waals surface area contributed by atoms with Crippen molar-refractivity contribution in [1.82, 2.24) is 5.32 Å². The first-order valence-corrected chi connectivity index (χ1v) is 9.60. The fourth-order valence-electron chi connectivity index (χ4n) is 2.93. The second kappa shape index (κ2) is 6.89. The molecule has 3 rings (SSSR count). The Hall–Kier alpha value is -2.71. The summed E-state index contributed by atoms with van der Waals surface area (Å²) in [6, 6.07) is 9.22. The molecule has 0 aromatic heterocycles. The van der Waals surface area contributed by atoms with Gasteiger partial charge in [0.1, 0.15) is 0 Å². The summed E-state index contributed by atoms with van der Waals surface area (Å²) < 4.78 is 25.4. The summed E-state index contributed by atoms with van der Waals surface area (Å²) in [6.45, 7) is 2.73. The van der Waals surface area contributed by atoms with Gasteiger partial charge in [-0.1, -0.05) is 18.2 Å². The Morgan fingerprint density at radius 2 is 1.85 bits per heavy atom. The quantitative estimate of drug-likeness (QED) is 0.737. The van der Waals surface area contributed by atoms with Crippen LogP contribution in [0.3, 0.4) is 0 Å². The average Bonchev–Trinajstić information content (AvgIpc) is 3.01. The standard InChI is InChI=1S/C18H18N2O5S/c1-11(21)20-17-5-4-15(7-16(17)18(22)23)26(24,25)10-12-2-3-13-8-19-9-14(13)6-12/h2-7,19H,8-10H2,1H3,(H,20,21)(H,22,23). The van der Waals surface area contributed by atoms with Crippen LogP contribution in [0.5, 0.6) is 0 Å². The van der Waals surface area contributed by atoms with Gasteiger partial charge in [-0.2, -0.15) is 0 Å². The number of nitrogens with one attached hydrogen (secondary N) is 2. The second-order valence-corrected chi connectivity index (χ2v) is 8.15. The molecule has 0 bridgehead atoms. The first-order valence-electron chi connectivity index (χ1n) is 7.95. The Bertz CT molecular complexity index is 999. The molecule has 1 amide bonds. The highest BCUT2D eigenvalue weighted by Crippen LogP contribution is 2.25. The van der Waals surface area contributed by atoms with Gasteiger partial charge in [-0.05, 0) is 34.9 Å². The van der Waals surface area contributed by atoms with Crippen molar-refractivity contribution in [3.05, 3.63) is 58.7 Å². The van der Waals surface area contributed by atoms with E-state index in [-0.39, 0.29) is 21.9 Å². The lowest BCUT2D eigenvalue weighted by Gasteiger charge is -2.11. The summed E-state index contributed by atoms with van der Waals surface area (Å²) >= 11 is 0. The lowest BCUT2D eigenvalue weighted by Crippen LogP contribution is -2.13. The molecule has 0 radical (unpaired) electrons. The molecular formula is C18H18N2O5S. The summed E-state index contributed by atoms with van der Waals surface area (Å²) in [4.78, 5) is 22.5.